The van der Waals surface area contributed by atoms with Gasteiger partial charge in [-0.1, -0.05) is 36.1 Å². The van der Waals surface area contributed by atoms with E-state index < -0.39 is 5.97 Å². The van der Waals surface area contributed by atoms with Gasteiger partial charge in [0.1, 0.15) is 4.32 Å². The second-order valence-electron chi connectivity index (χ2n) is 3.19. The minimum atomic E-state index is -0.438. The summed E-state index contributed by atoms with van der Waals surface area (Å²) in [7, 11) is 0. The van der Waals surface area contributed by atoms with E-state index in [9.17, 15) is 9.59 Å². The molecule has 18 heavy (non-hydrogen) atoms. The summed E-state index contributed by atoms with van der Waals surface area (Å²) in [6.45, 7) is 1.28. The molecule has 7 heteroatoms. The Labute approximate surface area is 114 Å². The highest BCUT2D eigenvalue weighted by atomic mass is 32.2. The van der Waals surface area contributed by atoms with Crippen molar-refractivity contribution < 1.29 is 19.4 Å². The minimum Gasteiger partial charge on any atom is -0.504 e. The molecule has 0 aliphatic carbocycles. The van der Waals surface area contributed by atoms with Crippen LogP contribution in [0, 0.1) is 0 Å². The lowest BCUT2D eigenvalue weighted by Crippen LogP contribution is -2.18. The number of phenols is 1. The Morgan fingerprint density at radius 1 is 1.50 bits per heavy atom. The first-order chi connectivity index (χ1) is 8.49. The van der Waals surface area contributed by atoms with E-state index >= 15 is 0 Å². The summed E-state index contributed by atoms with van der Waals surface area (Å²) in [6.07, 6.45) is 0. The Bertz CT molecular complexity index is 462. The van der Waals surface area contributed by atoms with Gasteiger partial charge in [-0.2, -0.15) is 0 Å². The highest BCUT2D eigenvalue weighted by Gasteiger charge is 2.13. The normalized spacial score (nSPS) is 13.4. The minimum absolute atomic E-state index is 0.0231. The topological polar surface area (TPSA) is 75.6 Å². The van der Waals surface area contributed by atoms with E-state index in [0.29, 0.717) is 10.1 Å². The standard InChI is InChI=1S/C8H8O3.C3H3NOS2/c1-6(9)11-8-5-3-2-4-7(8)10;5-2-1-7-3(6)4-2/h2-5,10H,1H3;1H2,(H,4,5,6). The molecule has 0 saturated carbocycles. The predicted molar refractivity (Wildman–Crippen MR) is 72.6 cm³/mol. The first-order valence-electron chi connectivity index (χ1n) is 4.92. The van der Waals surface area contributed by atoms with E-state index in [0.717, 1.165) is 0 Å². The predicted octanol–water partition coefficient (Wildman–Crippen LogP) is 1.45. The molecule has 0 unspecified atom stereocenters. The number of rotatable bonds is 1. The number of esters is 1. The van der Waals surface area contributed by atoms with Gasteiger partial charge in [-0.25, -0.2) is 0 Å². The van der Waals surface area contributed by atoms with Crippen molar-refractivity contribution in [3.8, 4) is 11.5 Å². The number of para-hydroxylation sites is 2. The second-order valence-corrected chi connectivity index (χ2v) is 4.84. The summed E-state index contributed by atoms with van der Waals surface area (Å²) in [5.41, 5.74) is 0. The number of phenolic OH excluding ortho intramolecular Hbond substituents is 1. The van der Waals surface area contributed by atoms with E-state index in [2.05, 4.69) is 22.3 Å². The molecule has 0 bridgehead atoms. The van der Waals surface area contributed by atoms with Crippen molar-refractivity contribution in [3.63, 3.8) is 0 Å². The fraction of sp³-hybridized carbons (Fsp3) is 0.182. The van der Waals surface area contributed by atoms with Crippen molar-refractivity contribution in [1.29, 1.82) is 0 Å². The lowest BCUT2D eigenvalue weighted by molar-refractivity contribution is -0.132. The maximum Gasteiger partial charge on any atom is 0.308 e. The third-order valence-electron chi connectivity index (χ3n) is 1.69. The molecule has 2 rings (SSSR count). The average Bonchev–Trinajstić information content (AvgIpc) is 2.66. The molecule has 0 radical (unpaired) electrons. The van der Waals surface area contributed by atoms with Crippen molar-refractivity contribution in [2.24, 2.45) is 0 Å². The van der Waals surface area contributed by atoms with Crippen LogP contribution < -0.4 is 10.1 Å². The largest absolute Gasteiger partial charge is 0.504 e. The van der Waals surface area contributed by atoms with E-state index in [1.54, 1.807) is 12.1 Å². The van der Waals surface area contributed by atoms with Gasteiger partial charge in [0.05, 0.1) is 5.75 Å². The highest BCUT2D eigenvalue weighted by molar-refractivity contribution is 8.24. The summed E-state index contributed by atoms with van der Waals surface area (Å²) in [5.74, 6) is 0.253. The van der Waals surface area contributed by atoms with Crippen LogP contribution in [-0.2, 0) is 9.59 Å². The number of aromatic hydroxyl groups is 1. The number of carbonyl (C=O) groups excluding carboxylic acids is 2. The summed E-state index contributed by atoms with van der Waals surface area (Å²) >= 11 is 6.00. The Balaban J connectivity index is 0.000000199. The van der Waals surface area contributed by atoms with Gasteiger partial charge < -0.3 is 15.2 Å². The Morgan fingerprint density at radius 2 is 2.17 bits per heavy atom. The maximum absolute atomic E-state index is 10.4. The van der Waals surface area contributed by atoms with Crippen molar-refractivity contribution in [2.45, 2.75) is 6.92 Å². The smallest absolute Gasteiger partial charge is 0.308 e. The molecule has 5 nitrogen and oxygen atoms in total. The van der Waals surface area contributed by atoms with Gasteiger partial charge in [0, 0.05) is 6.92 Å². The first-order valence-corrected chi connectivity index (χ1v) is 6.31. The number of carbonyl (C=O) groups is 2. The van der Waals surface area contributed by atoms with Gasteiger partial charge in [0.15, 0.2) is 11.5 Å². The summed E-state index contributed by atoms with van der Waals surface area (Å²) in [4.78, 5) is 20.7. The zero-order valence-electron chi connectivity index (χ0n) is 9.50. The highest BCUT2D eigenvalue weighted by Crippen LogP contribution is 2.24. The molecule has 1 aliphatic heterocycles. The quantitative estimate of drug-likeness (QED) is 0.462. The molecule has 0 aromatic heterocycles. The lowest BCUT2D eigenvalue weighted by atomic mass is 10.3. The van der Waals surface area contributed by atoms with Crippen molar-refractivity contribution in [3.05, 3.63) is 24.3 Å². The Kier molecular flexibility index (Phi) is 5.60. The Hall–Kier alpha value is -1.60. The number of amides is 1. The molecular weight excluding hydrogens is 274 g/mol. The van der Waals surface area contributed by atoms with Gasteiger partial charge >= 0.3 is 5.97 Å². The Morgan fingerprint density at radius 3 is 2.56 bits per heavy atom. The van der Waals surface area contributed by atoms with Crippen LogP contribution in [0.15, 0.2) is 24.3 Å². The second kappa shape index (κ2) is 6.97. The molecule has 1 heterocycles. The number of nitrogens with one attached hydrogen (secondary N) is 1. The van der Waals surface area contributed by atoms with Crippen LogP contribution in [0.2, 0.25) is 0 Å². The number of hydrogen-bond acceptors (Lipinski definition) is 6. The van der Waals surface area contributed by atoms with E-state index in [-0.39, 0.29) is 17.4 Å². The molecule has 0 spiro atoms. The molecule has 1 aliphatic rings. The van der Waals surface area contributed by atoms with Gasteiger partial charge in [-0.3, -0.25) is 9.59 Å². The van der Waals surface area contributed by atoms with Crippen LogP contribution in [-0.4, -0.2) is 27.1 Å². The molecule has 2 N–H and O–H groups in total. The summed E-state index contributed by atoms with van der Waals surface area (Å²) in [6, 6.07) is 6.31. The van der Waals surface area contributed by atoms with Crippen LogP contribution in [0.5, 0.6) is 11.5 Å². The molecule has 1 fully saturated rings. The molecule has 1 saturated heterocycles. The molecule has 1 aromatic carbocycles. The fourth-order valence-electron chi connectivity index (χ4n) is 1.02. The monoisotopic (exact) mass is 285 g/mol. The van der Waals surface area contributed by atoms with Gasteiger partial charge in [-0.15, -0.1) is 0 Å². The van der Waals surface area contributed by atoms with E-state index in [1.165, 1.54) is 30.8 Å². The summed E-state index contributed by atoms with van der Waals surface area (Å²) < 4.78 is 5.26. The zero-order chi connectivity index (χ0) is 13.5. The third kappa shape index (κ3) is 5.15. The van der Waals surface area contributed by atoms with Gasteiger partial charge in [-0.05, 0) is 12.1 Å². The first kappa shape index (κ1) is 14.5. The zero-order valence-corrected chi connectivity index (χ0v) is 11.1. The van der Waals surface area contributed by atoms with Crippen LogP contribution in [0.4, 0.5) is 0 Å². The van der Waals surface area contributed by atoms with E-state index in [1.807, 2.05) is 0 Å². The fourth-order valence-corrected chi connectivity index (χ4v) is 1.83. The number of thioether (sulfide) groups is 1. The van der Waals surface area contributed by atoms with Crippen molar-refractivity contribution in [1.82, 2.24) is 5.32 Å². The number of hydrogen-bond donors (Lipinski definition) is 2. The summed E-state index contributed by atoms with van der Waals surface area (Å²) in [5, 5.41) is 11.6. The SMILES string of the molecule is CC(=O)Oc1ccccc1O.O=C1CSC(=S)N1. The molecule has 1 aromatic rings. The maximum atomic E-state index is 10.4. The van der Waals surface area contributed by atoms with Gasteiger partial charge in [0.25, 0.3) is 0 Å². The van der Waals surface area contributed by atoms with Crippen molar-refractivity contribution >= 4 is 40.2 Å². The number of thiocarbonyl (C=S) groups is 1. The number of benzene rings is 1. The molecular formula is C11H11NO4S2. The number of ether oxygens (including phenoxy) is 1. The van der Waals surface area contributed by atoms with Gasteiger partial charge in [0.2, 0.25) is 5.91 Å². The van der Waals surface area contributed by atoms with Crippen LogP contribution in [0.1, 0.15) is 6.92 Å². The third-order valence-corrected chi connectivity index (χ3v) is 2.92. The molecule has 96 valence electrons. The lowest BCUT2D eigenvalue weighted by Gasteiger charge is -2.01. The van der Waals surface area contributed by atoms with Crippen molar-refractivity contribution in [2.75, 3.05) is 5.75 Å². The van der Waals surface area contributed by atoms with E-state index in [4.69, 9.17) is 5.11 Å². The molecule has 0 atom stereocenters. The van der Waals surface area contributed by atoms with Crippen LogP contribution >= 0.6 is 24.0 Å². The van der Waals surface area contributed by atoms with Crippen LogP contribution in [0.25, 0.3) is 0 Å². The van der Waals surface area contributed by atoms with Crippen LogP contribution in [0.3, 0.4) is 0 Å². The average molecular weight is 285 g/mol. The molecule has 1 amide bonds.